The number of benzene rings is 1. The molecule has 0 spiro atoms. The molecule has 28 heavy (non-hydrogen) atoms. The number of hydrogen-bond acceptors (Lipinski definition) is 6. The van der Waals surface area contributed by atoms with Crippen molar-refractivity contribution in [2.45, 2.75) is 19.4 Å². The minimum absolute atomic E-state index is 0.0517. The Morgan fingerprint density at radius 1 is 1.46 bits per heavy atom. The molecular formula is C19H14ClFN4O2S. The van der Waals surface area contributed by atoms with E-state index < -0.39 is 5.82 Å². The summed E-state index contributed by atoms with van der Waals surface area (Å²) in [5.41, 5.74) is 8.76. The summed E-state index contributed by atoms with van der Waals surface area (Å²) in [6.07, 6.45) is 0. The number of halogens is 2. The molecule has 1 aliphatic heterocycles. The third kappa shape index (κ3) is 3.19. The Bertz CT molecular complexity index is 1130. The van der Waals surface area contributed by atoms with Crippen LogP contribution in [0.5, 0.6) is 11.6 Å². The quantitative estimate of drug-likeness (QED) is 0.658. The van der Waals surface area contributed by atoms with Gasteiger partial charge >= 0.3 is 0 Å². The minimum Gasteiger partial charge on any atom is -0.487 e. The number of hydrogen-bond donors (Lipinski definition) is 2. The van der Waals surface area contributed by atoms with Crippen molar-refractivity contribution >= 4 is 22.9 Å². The molecule has 0 fully saturated rings. The number of H-pyrrole nitrogens is 1. The number of rotatable bonds is 4. The molecular weight excluding hydrogens is 403 g/mol. The normalized spacial score (nSPS) is 15.7. The van der Waals surface area contributed by atoms with Crippen molar-refractivity contribution in [3.63, 3.8) is 0 Å². The van der Waals surface area contributed by atoms with Gasteiger partial charge in [0.25, 0.3) is 0 Å². The average Bonchev–Trinajstić information content (AvgIpc) is 3.27. The van der Waals surface area contributed by atoms with Crippen molar-refractivity contribution in [3.8, 4) is 17.7 Å². The topological polar surface area (TPSA) is 97.0 Å². The molecule has 0 saturated carbocycles. The maximum atomic E-state index is 13.2. The number of ether oxygens (including phenoxy) is 2. The number of thiophene rings is 1. The summed E-state index contributed by atoms with van der Waals surface area (Å²) in [5.74, 6) is 0.0471. The monoisotopic (exact) mass is 416 g/mol. The maximum Gasteiger partial charge on any atom is 0.244 e. The van der Waals surface area contributed by atoms with Gasteiger partial charge in [-0.2, -0.15) is 5.26 Å². The number of nitrogens with zero attached hydrogens (tertiary/aromatic N) is 2. The molecule has 0 radical (unpaired) electrons. The first kappa shape index (κ1) is 18.3. The molecule has 0 bridgehead atoms. The summed E-state index contributed by atoms with van der Waals surface area (Å²) in [7, 11) is 0. The smallest absolute Gasteiger partial charge is 0.244 e. The van der Waals surface area contributed by atoms with Gasteiger partial charge in [0.15, 0.2) is 0 Å². The number of allylic oxidation sites excluding steroid dienone is 1. The van der Waals surface area contributed by atoms with Crippen LogP contribution >= 0.6 is 22.9 Å². The van der Waals surface area contributed by atoms with Gasteiger partial charge in [-0.1, -0.05) is 11.6 Å². The zero-order chi connectivity index (χ0) is 19.8. The Morgan fingerprint density at radius 2 is 2.29 bits per heavy atom. The highest BCUT2D eigenvalue weighted by molar-refractivity contribution is 7.10. The Hall–Kier alpha value is -3.02. The standard InChI is InChI=1S/C19H14ClFN4O2S/c1-9-16-17(12(6-22)18(23)27-19(16)25-24-9)15-4-10(8-28-15)7-26-14-3-2-11(21)5-13(14)20/h2-5,8,17H,7,23H2,1H3,(H,24,25). The van der Waals surface area contributed by atoms with Crippen LogP contribution in [0.2, 0.25) is 5.02 Å². The van der Waals surface area contributed by atoms with E-state index in [0.717, 1.165) is 21.7 Å². The van der Waals surface area contributed by atoms with Crippen molar-refractivity contribution in [1.29, 1.82) is 5.26 Å². The number of aromatic amines is 1. The average molecular weight is 417 g/mol. The van der Waals surface area contributed by atoms with E-state index in [1.807, 2.05) is 18.4 Å². The second-order valence-electron chi connectivity index (χ2n) is 6.21. The third-order valence-corrected chi connectivity index (χ3v) is 5.72. The Kier molecular flexibility index (Phi) is 4.71. The van der Waals surface area contributed by atoms with Gasteiger partial charge < -0.3 is 15.2 Å². The summed E-state index contributed by atoms with van der Waals surface area (Å²) < 4.78 is 24.3. The lowest BCUT2D eigenvalue weighted by molar-refractivity contribution is 0.306. The van der Waals surface area contributed by atoms with Gasteiger partial charge in [0.05, 0.1) is 16.5 Å². The Morgan fingerprint density at radius 3 is 3.04 bits per heavy atom. The number of aromatic nitrogens is 2. The predicted octanol–water partition coefficient (Wildman–Crippen LogP) is 4.37. The van der Waals surface area contributed by atoms with Gasteiger partial charge in [-0.15, -0.1) is 16.4 Å². The van der Waals surface area contributed by atoms with E-state index in [2.05, 4.69) is 16.3 Å². The van der Waals surface area contributed by atoms with Gasteiger partial charge in [-0.05, 0) is 36.6 Å². The summed E-state index contributed by atoms with van der Waals surface area (Å²) >= 11 is 7.48. The SMILES string of the molecule is Cc1[nH]nc2c1C(c1cc(COc3ccc(F)cc3Cl)cs1)C(C#N)=C(N)O2. The molecule has 4 rings (SSSR count). The lowest BCUT2D eigenvalue weighted by Gasteiger charge is -2.22. The van der Waals surface area contributed by atoms with Crippen molar-refractivity contribution in [2.75, 3.05) is 0 Å². The fourth-order valence-corrected chi connectivity index (χ4v) is 4.29. The number of aryl methyl sites for hydroxylation is 1. The number of nitrogens with one attached hydrogen (secondary N) is 1. The minimum atomic E-state index is -0.422. The van der Waals surface area contributed by atoms with Crippen LogP contribution in [0.3, 0.4) is 0 Å². The molecule has 9 heteroatoms. The van der Waals surface area contributed by atoms with Crippen LogP contribution in [0.1, 0.15) is 27.6 Å². The first-order chi connectivity index (χ1) is 13.5. The summed E-state index contributed by atoms with van der Waals surface area (Å²) in [5, 5.41) is 18.7. The van der Waals surface area contributed by atoms with Crippen molar-refractivity contribution in [2.24, 2.45) is 5.73 Å². The second kappa shape index (κ2) is 7.19. The molecule has 1 atom stereocenters. The van der Waals surface area contributed by atoms with Crippen molar-refractivity contribution in [3.05, 3.63) is 73.6 Å². The van der Waals surface area contributed by atoms with Gasteiger partial charge in [0, 0.05) is 16.1 Å². The van der Waals surface area contributed by atoms with Crippen LogP contribution in [0.25, 0.3) is 0 Å². The molecule has 142 valence electrons. The van der Waals surface area contributed by atoms with Crippen LogP contribution in [-0.4, -0.2) is 10.2 Å². The van der Waals surface area contributed by atoms with Crippen LogP contribution in [0.4, 0.5) is 4.39 Å². The largest absolute Gasteiger partial charge is 0.487 e. The van der Waals surface area contributed by atoms with Crippen LogP contribution in [-0.2, 0) is 6.61 Å². The van der Waals surface area contributed by atoms with E-state index in [-0.39, 0.29) is 23.4 Å². The molecule has 0 aliphatic carbocycles. The van der Waals surface area contributed by atoms with Crippen molar-refractivity contribution < 1.29 is 13.9 Å². The van der Waals surface area contributed by atoms with Gasteiger partial charge in [0.1, 0.15) is 29.8 Å². The van der Waals surface area contributed by atoms with Crippen molar-refractivity contribution in [1.82, 2.24) is 10.2 Å². The lowest BCUT2D eigenvalue weighted by Crippen LogP contribution is -2.20. The molecule has 1 unspecified atom stereocenters. The third-order valence-electron chi connectivity index (χ3n) is 4.38. The van der Waals surface area contributed by atoms with E-state index in [1.54, 1.807) is 0 Å². The molecule has 1 aliphatic rings. The van der Waals surface area contributed by atoms with Gasteiger partial charge in [-0.25, -0.2) is 4.39 Å². The fourth-order valence-electron chi connectivity index (χ4n) is 3.06. The highest BCUT2D eigenvalue weighted by Gasteiger charge is 2.35. The van der Waals surface area contributed by atoms with Crippen LogP contribution in [0, 0.1) is 24.1 Å². The van der Waals surface area contributed by atoms with Gasteiger partial charge in [0.2, 0.25) is 11.8 Å². The van der Waals surface area contributed by atoms with Crippen LogP contribution < -0.4 is 15.2 Å². The van der Waals surface area contributed by atoms with Crippen LogP contribution in [0.15, 0.2) is 41.1 Å². The molecule has 6 nitrogen and oxygen atoms in total. The number of nitriles is 1. The molecule has 0 saturated heterocycles. The molecule has 3 aromatic rings. The summed E-state index contributed by atoms with van der Waals surface area (Å²) in [6, 6.07) is 8.07. The summed E-state index contributed by atoms with van der Waals surface area (Å²) in [6.45, 7) is 2.12. The van der Waals surface area contributed by atoms with E-state index in [1.165, 1.54) is 29.5 Å². The van der Waals surface area contributed by atoms with E-state index >= 15 is 0 Å². The Labute approximate surface area is 169 Å². The molecule has 3 N–H and O–H groups in total. The molecule has 3 heterocycles. The fraction of sp³-hybridized carbons (Fsp3) is 0.158. The molecule has 1 aromatic carbocycles. The number of nitrogens with two attached hydrogens (primary N) is 1. The van der Waals surface area contributed by atoms with Gasteiger partial charge in [-0.3, -0.25) is 5.10 Å². The van der Waals surface area contributed by atoms with E-state index in [4.69, 9.17) is 26.8 Å². The summed E-state index contributed by atoms with van der Waals surface area (Å²) in [4.78, 5) is 0.914. The number of fused-ring (bicyclic) bond motifs is 1. The van der Waals surface area contributed by atoms with E-state index in [9.17, 15) is 9.65 Å². The maximum absolute atomic E-state index is 13.2. The first-order valence-corrected chi connectivity index (χ1v) is 9.51. The lowest BCUT2D eigenvalue weighted by atomic mass is 9.89. The zero-order valence-electron chi connectivity index (χ0n) is 14.6. The highest BCUT2D eigenvalue weighted by Crippen LogP contribution is 2.44. The second-order valence-corrected chi connectivity index (χ2v) is 7.56. The molecule has 0 amide bonds. The predicted molar refractivity (Wildman–Crippen MR) is 103 cm³/mol. The van der Waals surface area contributed by atoms with E-state index in [0.29, 0.717) is 17.2 Å². The molecule has 2 aromatic heterocycles. The first-order valence-electron chi connectivity index (χ1n) is 8.25. The Balaban J connectivity index is 1.62. The highest BCUT2D eigenvalue weighted by atomic mass is 35.5. The zero-order valence-corrected chi connectivity index (χ0v) is 16.2.